The third-order valence-corrected chi connectivity index (χ3v) is 2.51. The third-order valence-electron chi connectivity index (χ3n) is 2.51. The molecule has 2 rings (SSSR count). The van der Waals surface area contributed by atoms with Gasteiger partial charge in [0, 0.05) is 0 Å². The van der Waals surface area contributed by atoms with Crippen molar-refractivity contribution >= 4 is 5.97 Å². The van der Waals surface area contributed by atoms with E-state index in [9.17, 15) is 4.79 Å². The van der Waals surface area contributed by atoms with E-state index in [2.05, 4.69) is 0 Å². The summed E-state index contributed by atoms with van der Waals surface area (Å²) in [5, 5.41) is 0. The fraction of sp³-hybridized carbons (Fsp3) is 0.455. The lowest BCUT2D eigenvalue weighted by atomic mass is 9.86. The molecule has 2 nitrogen and oxygen atoms in total. The molecule has 0 heterocycles. The molecule has 0 atom stereocenters. The van der Waals surface area contributed by atoms with Crippen LogP contribution in [-0.2, 0) is 9.53 Å². The molecule has 0 N–H and O–H groups in total. The summed E-state index contributed by atoms with van der Waals surface area (Å²) in [6.07, 6.45) is 11.7. The Morgan fingerprint density at radius 3 is 2.85 bits per heavy atom. The van der Waals surface area contributed by atoms with Crippen molar-refractivity contribution in [3.63, 3.8) is 0 Å². The minimum absolute atomic E-state index is 0.0518. The number of ether oxygens (including phenoxy) is 1. The van der Waals surface area contributed by atoms with Gasteiger partial charge < -0.3 is 4.74 Å². The predicted molar refractivity (Wildman–Crippen MR) is 49.6 cm³/mol. The summed E-state index contributed by atoms with van der Waals surface area (Å²) in [6, 6.07) is 0. The number of esters is 1. The second-order valence-electron chi connectivity index (χ2n) is 3.49. The van der Waals surface area contributed by atoms with Gasteiger partial charge in [0.1, 0.15) is 5.76 Å². The van der Waals surface area contributed by atoms with Gasteiger partial charge in [-0.1, -0.05) is 12.5 Å². The van der Waals surface area contributed by atoms with Crippen molar-refractivity contribution in [3.8, 4) is 0 Å². The molecule has 0 saturated heterocycles. The summed E-state index contributed by atoms with van der Waals surface area (Å²) in [5.41, 5.74) is 0. The standard InChI is InChI=1S/C11H13O2/c12-11(9-5-4-6-9)13-10-7-2-1-3-8-10/h1-2,7-9H,3-6H2. The maximum Gasteiger partial charge on any atom is 0.314 e. The first-order valence-corrected chi connectivity index (χ1v) is 4.78. The molecule has 0 aromatic carbocycles. The number of allylic oxidation sites excluding steroid dienone is 3. The Balaban J connectivity index is 1.85. The molecule has 0 unspecified atom stereocenters. The molecular weight excluding hydrogens is 164 g/mol. The van der Waals surface area contributed by atoms with Gasteiger partial charge in [-0.25, -0.2) is 0 Å². The van der Waals surface area contributed by atoms with Crippen LogP contribution in [0, 0.1) is 12.3 Å². The highest BCUT2D eigenvalue weighted by molar-refractivity contribution is 5.74. The van der Waals surface area contributed by atoms with E-state index >= 15 is 0 Å². The van der Waals surface area contributed by atoms with Gasteiger partial charge in [0.25, 0.3) is 0 Å². The molecule has 69 valence electrons. The Bertz CT molecular complexity index is 259. The molecule has 0 amide bonds. The summed E-state index contributed by atoms with van der Waals surface area (Å²) in [4.78, 5) is 11.4. The normalized spacial score (nSPS) is 22.0. The summed E-state index contributed by atoms with van der Waals surface area (Å²) in [6.45, 7) is 0. The van der Waals surface area contributed by atoms with Crippen molar-refractivity contribution in [3.05, 3.63) is 30.4 Å². The van der Waals surface area contributed by atoms with E-state index in [-0.39, 0.29) is 11.9 Å². The molecule has 1 radical (unpaired) electrons. The highest BCUT2D eigenvalue weighted by Gasteiger charge is 2.27. The summed E-state index contributed by atoms with van der Waals surface area (Å²) >= 11 is 0. The Morgan fingerprint density at radius 2 is 2.31 bits per heavy atom. The predicted octanol–water partition coefficient (Wildman–Crippen LogP) is 2.38. The summed E-state index contributed by atoms with van der Waals surface area (Å²) in [7, 11) is 0. The smallest absolute Gasteiger partial charge is 0.314 e. The zero-order valence-electron chi connectivity index (χ0n) is 7.53. The summed E-state index contributed by atoms with van der Waals surface area (Å²) < 4.78 is 5.21. The van der Waals surface area contributed by atoms with Crippen LogP contribution >= 0.6 is 0 Å². The molecular formula is C11H13O2. The summed E-state index contributed by atoms with van der Waals surface area (Å²) in [5.74, 6) is 0.823. The van der Waals surface area contributed by atoms with Gasteiger partial charge in [0.2, 0.25) is 0 Å². The second-order valence-corrected chi connectivity index (χ2v) is 3.49. The SMILES string of the molecule is O=C(OC1=CC[CH]C=C1)C1CCC1. The lowest BCUT2D eigenvalue weighted by Crippen LogP contribution is -2.23. The van der Waals surface area contributed by atoms with Crippen molar-refractivity contribution in [2.24, 2.45) is 5.92 Å². The maximum atomic E-state index is 11.4. The first-order valence-electron chi connectivity index (χ1n) is 4.78. The molecule has 1 saturated carbocycles. The molecule has 2 aliphatic rings. The maximum absolute atomic E-state index is 11.4. The molecule has 13 heavy (non-hydrogen) atoms. The Hall–Kier alpha value is -1.05. The molecule has 0 aromatic rings. The van der Waals surface area contributed by atoms with E-state index in [4.69, 9.17) is 4.74 Å². The van der Waals surface area contributed by atoms with Crippen molar-refractivity contribution < 1.29 is 9.53 Å². The Morgan fingerprint density at radius 1 is 1.46 bits per heavy atom. The van der Waals surface area contributed by atoms with Crippen LogP contribution in [0.2, 0.25) is 0 Å². The number of hydrogen-bond acceptors (Lipinski definition) is 2. The molecule has 2 heteroatoms. The number of rotatable bonds is 2. The highest BCUT2D eigenvalue weighted by Crippen LogP contribution is 2.28. The molecule has 1 fully saturated rings. The van der Waals surface area contributed by atoms with Gasteiger partial charge in [0.05, 0.1) is 5.92 Å². The first kappa shape index (κ1) is 8.54. The fourth-order valence-electron chi connectivity index (χ4n) is 1.41. The van der Waals surface area contributed by atoms with Crippen LogP contribution in [0.4, 0.5) is 0 Å². The lowest BCUT2D eigenvalue weighted by Gasteiger charge is -2.23. The van der Waals surface area contributed by atoms with Crippen LogP contribution in [-0.4, -0.2) is 5.97 Å². The molecule has 0 bridgehead atoms. The van der Waals surface area contributed by atoms with E-state index in [1.165, 1.54) is 6.42 Å². The van der Waals surface area contributed by atoms with Crippen molar-refractivity contribution in [2.75, 3.05) is 0 Å². The van der Waals surface area contributed by atoms with Gasteiger partial charge in [-0.3, -0.25) is 4.79 Å². The quantitative estimate of drug-likeness (QED) is 0.605. The Kier molecular flexibility index (Phi) is 2.48. The van der Waals surface area contributed by atoms with Crippen LogP contribution in [0.25, 0.3) is 0 Å². The van der Waals surface area contributed by atoms with E-state index < -0.39 is 0 Å². The fourth-order valence-corrected chi connectivity index (χ4v) is 1.41. The minimum atomic E-state index is -0.0518. The van der Waals surface area contributed by atoms with Crippen molar-refractivity contribution in [2.45, 2.75) is 25.7 Å². The van der Waals surface area contributed by atoms with E-state index in [1.54, 1.807) is 0 Å². The van der Waals surface area contributed by atoms with Crippen LogP contribution in [0.15, 0.2) is 24.0 Å². The molecule has 0 spiro atoms. The van der Waals surface area contributed by atoms with Crippen LogP contribution < -0.4 is 0 Å². The zero-order chi connectivity index (χ0) is 9.10. The van der Waals surface area contributed by atoms with Crippen LogP contribution in [0.1, 0.15) is 25.7 Å². The average Bonchev–Trinajstić information content (AvgIpc) is 2.02. The number of hydrogen-bond donors (Lipinski definition) is 0. The minimum Gasteiger partial charge on any atom is -0.427 e. The zero-order valence-corrected chi connectivity index (χ0v) is 7.53. The van der Waals surface area contributed by atoms with Crippen molar-refractivity contribution in [1.82, 2.24) is 0 Å². The number of carbonyl (C=O) groups excluding carboxylic acids is 1. The van der Waals surface area contributed by atoms with Crippen LogP contribution in [0.5, 0.6) is 0 Å². The highest BCUT2D eigenvalue weighted by atomic mass is 16.5. The average molecular weight is 177 g/mol. The largest absolute Gasteiger partial charge is 0.427 e. The molecule has 0 aromatic heterocycles. The van der Waals surface area contributed by atoms with Gasteiger partial charge in [-0.2, -0.15) is 0 Å². The van der Waals surface area contributed by atoms with Gasteiger partial charge in [-0.15, -0.1) is 0 Å². The Labute approximate surface area is 78.3 Å². The first-order chi connectivity index (χ1) is 6.36. The van der Waals surface area contributed by atoms with Gasteiger partial charge in [0.15, 0.2) is 0 Å². The lowest BCUT2D eigenvalue weighted by molar-refractivity contribution is -0.146. The monoisotopic (exact) mass is 177 g/mol. The van der Waals surface area contributed by atoms with Gasteiger partial charge in [-0.05, 0) is 37.8 Å². The van der Waals surface area contributed by atoms with Crippen molar-refractivity contribution in [1.29, 1.82) is 0 Å². The van der Waals surface area contributed by atoms with E-state index in [1.807, 2.05) is 24.6 Å². The van der Waals surface area contributed by atoms with Gasteiger partial charge >= 0.3 is 5.97 Å². The van der Waals surface area contributed by atoms with E-state index in [0.29, 0.717) is 5.76 Å². The topological polar surface area (TPSA) is 26.3 Å². The third kappa shape index (κ3) is 2.00. The molecule has 2 aliphatic carbocycles. The number of carbonyl (C=O) groups is 1. The van der Waals surface area contributed by atoms with E-state index in [0.717, 1.165) is 19.3 Å². The molecule has 0 aliphatic heterocycles. The second kappa shape index (κ2) is 3.77. The van der Waals surface area contributed by atoms with Crippen LogP contribution in [0.3, 0.4) is 0 Å².